The van der Waals surface area contributed by atoms with Crippen LogP contribution in [0.1, 0.15) is 25.8 Å². The molecule has 0 unspecified atom stereocenters. The van der Waals surface area contributed by atoms with Crippen molar-refractivity contribution >= 4 is 11.6 Å². The average Bonchev–Trinajstić information content (AvgIpc) is 2.40. The van der Waals surface area contributed by atoms with E-state index in [-0.39, 0.29) is 0 Å². The van der Waals surface area contributed by atoms with E-state index in [0.717, 1.165) is 47.7 Å². The van der Waals surface area contributed by atoms with E-state index in [1.807, 2.05) is 24.3 Å². The topological polar surface area (TPSA) is 12.5 Å². The Hall–Kier alpha value is -0.990. The lowest BCUT2D eigenvalue weighted by atomic mass is 9.92. The number of benzene rings is 1. The number of hydrogen-bond acceptors (Lipinski definition) is 2. The molecule has 3 heteroatoms. The van der Waals surface area contributed by atoms with Crippen molar-refractivity contribution in [1.82, 2.24) is 4.90 Å². The highest BCUT2D eigenvalue weighted by atomic mass is 35.5. The Balaban J connectivity index is 1.87. The first-order valence-electron chi connectivity index (χ1n) is 7.83. The summed E-state index contributed by atoms with van der Waals surface area (Å²) in [7, 11) is 0. The van der Waals surface area contributed by atoms with Crippen molar-refractivity contribution in [3.8, 4) is 5.75 Å². The van der Waals surface area contributed by atoms with Crippen LogP contribution < -0.4 is 4.74 Å². The van der Waals surface area contributed by atoms with Crippen LogP contribution >= 0.6 is 11.6 Å². The van der Waals surface area contributed by atoms with Crippen LogP contribution in [-0.2, 0) is 6.42 Å². The third-order valence-electron chi connectivity index (χ3n) is 4.00. The van der Waals surface area contributed by atoms with Gasteiger partial charge in [0, 0.05) is 24.7 Å². The zero-order valence-electron chi connectivity index (χ0n) is 13.1. The molecule has 1 aliphatic rings. The summed E-state index contributed by atoms with van der Waals surface area (Å²) in [4.78, 5) is 2.52. The van der Waals surface area contributed by atoms with E-state index >= 15 is 0 Å². The fourth-order valence-corrected chi connectivity index (χ4v) is 3.46. The van der Waals surface area contributed by atoms with E-state index in [9.17, 15) is 0 Å². The smallest absolute Gasteiger partial charge is 0.122 e. The second-order valence-electron chi connectivity index (χ2n) is 6.30. The van der Waals surface area contributed by atoms with Crippen molar-refractivity contribution in [3.63, 3.8) is 0 Å². The molecule has 0 radical (unpaired) electrons. The van der Waals surface area contributed by atoms with E-state index in [1.54, 1.807) is 0 Å². The standard InChI is InChI=1S/C18H26ClNO/c1-4-5-16-11-17(19)6-7-18(16)21-9-8-20-12-14(2)10-15(3)13-20/h4,6-7,11,14-15H,1,5,8-10,12-13H2,2-3H3/t14-,15-/m0/s1. The molecule has 0 aromatic heterocycles. The first-order chi connectivity index (χ1) is 10.1. The Labute approximate surface area is 133 Å². The number of nitrogens with zero attached hydrogens (tertiary/aromatic N) is 1. The van der Waals surface area contributed by atoms with E-state index < -0.39 is 0 Å². The molecule has 0 aliphatic carbocycles. The Kier molecular flexibility index (Phi) is 6.13. The SMILES string of the molecule is C=CCc1cc(Cl)ccc1OCCN1C[C@@H](C)C[C@H](C)C1. The Morgan fingerprint density at radius 1 is 1.33 bits per heavy atom. The molecule has 2 nitrogen and oxygen atoms in total. The molecule has 21 heavy (non-hydrogen) atoms. The summed E-state index contributed by atoms with van der Waals surface area (Å²) in [6.07, 6.45) is 4.01. The quantitative estimate of drug-likeness (QED) is 0.721. The molecule has 1 saturated heterocycles. The number of hydrogen-bond donors (Lipinski definition) is 0. The molecule has 116 valence electrons. The van der Waals surface area contributed by atoms with Crippen molar-refractivity contribution in [2.24, 2.45) is 11.8 Å². The van der Waals surface area contributed by atoms with Gasteiger partial charge in [-0.05, 0) is 48.4 Å². The molecule has 0 spiro atoms. The lowest BCUT2D eigenvalue weighted by molar-refractivity contribution is 0.120. The van der Waals surface area contributed by atoms with Gasteiger partial charge in [0.15, 0.2) is 0 Å². The minimum absolute atomic E-state index is 0.727. The largest absolute Gasteiger partial charge is 0.492 e. The third kappa shape index (κ3) is 5.05. The van der Waals surface area contributed by atoms with Crippen LogP contribution in [0.25, 0.3) is 0 Å². The maximum absolute atomic E-state index is 6.04. The number of ether oxygens (including phenoxy) is 1. The van der Waals surface area contributed by atoms with Gasteiger partial charge in [-0.15, -0.1) is 6.58 Å². The Morgan fingerprint density at radius 2 is 2.05 bits per heavy atom. The van der Waals surface area contributed by atoms with Gasteiger partial charge in [-0.2, -0.15) is 0 Å². The summed E-state index contributed by atoms with van der Waals surface area (Å²) in [5.74, 6) is 2.51. The van der Waals surface area contributed by atoms with Crippen LogP contribution in [0.5, 0.6) is 5.75 Å². The number of rotatable bonds is 6. The second-order valence-corrected chi connectivity index (χ2v) is 6.74. The molecule has 0 amide bonds. The molecule has 0 bridgehead atoms. The van der Waals surface area contributed by atoms with Crippen LogP contribution in [0.4, 0.5) is 0 Å². The van der Waals surface area contributed by atoms with Gasteiger partial charge in [0.05, 0.1) is 0 Å². The molecule has 1 aromatic rings. The van der Waals surface area contributed by atoms with Crippen molar-refractivity contribution in [3.05, 3.63) is 41.4 Å². The molecular weight excluding hydrogens is 282 g/mol. The lowest BCUT2D eigenvalue weighted by Crippen LogP contribution is -2.40. The maximum atomic E-state index is 6.04. The van der Waals surface area contributed by atoms with E-state index in [4.69, 9.17) is 16.3 Å². The first-order valence-corrected chi connectivity index (χ1v) is 8.20. The van der Waals surface area contributed by atoms with Crippen molar-refractivity contribution in [2.45, 2.75) is 26.7 Å². The van der Waals surface area contributed by atoms with E-state index in [0.29, 0.717) is 0 Å². The van der Waals surface area contributed by atoms with Gasteiger partial charge < -0.3 is 4.74 Å². The molecular formula is C18H26ClNO. The molecule has 2 rings (SSSR count). The summed E-state index contributed by atoms with van der Waals surface area (Å²) >= 11 is 6.04. The highest BCUT2D eigenvalue weighted by molar-refractivity contribution is 6.30. The number of allylic oxidation sites excluding steroid dienone is 1. The molecule has 0 saturated carbocycles. The molecule has 1 fully saturated rings. The van der Waals surface area contributed by atoms with Gasteiger partial charge in [0.25, 0.3) is 0 Å². The second kappa shape index (κ2) is 7.86. The van der Waals surface area contributed by atoms with Gasteiger partial charge in [0.1, 0.15) is 12.4 Å². The first kappa shape index (κ1) is 16.4. The van der Waals surface area contributed by atoms with Gasteiger partial charge >= 0.3 is 0 Å². The fourth-order valence-electron chi connectivity index (χ4n) is 3.26. The van der Waals surface area contributed by atoms with Crippen molar-refractivity contribution < 1.29 is 4.74 Å². The number of piperidine rings is 1. The molecule has 1 heterocycles. The summed E-state index contributed by atoms with van der Waals surface area (Å²) < 4.78 is 5.97. The monoisotopic (exact) mass is 307 g/mol. The van der Waals surface area contributed by atoms with Crippen LogP contribution in [-0.4, -0.2) is 31.1 Å². The minimum Gasteiger partial charge on any atom is -0.492 e. The summed E-state index contributed by atoms with van der Waals surface area (Å²) in [6, 6.07) is 5.81. The highest BCUT2D eigenvalue weighted by Gasteiger charge is 2.21. The molecule has 0 N–H and O–H groups in total. The predicted octanol–water partition coefficient (Wildman–Crippen LogP) is 4.43. The average molecular weight is 308 g/mol. The van der Waals surface area contributed by atoms with Gasteiger partial charge in [-0.25, -0.2) is 0 Å². The number of halogens is 1. The van der Waals surface area contributed by atoms with Crippen molar-refractivity contribution in [2.75, 3.05) is 26.2 Å². The lowest BCUT2D eigenvalue weighted by Gasteiger charge is -2.34. The third-order valence-corrected chi connectivity index (χ3v) is 4.23. The van der Waals surface area contributed by atoms with Gasteiger partial charge in [-0.1, -0.05) is 31.5 Å². The molecule has 2 atom stereocenters. The molecule has 1 aromatic carbocycles. The minimum atomic E-state index is 0.727. The zero-order valence-corrected chi connectivity index (χ0v) is 13.9. The Morgan fingerprint density at radius 3 is 2.71 bits per heavy atom. The van der Waals surface area contributed by atoms with Crippen LogP contribution in [0, 0.1) is 11.8 Å². The predicted molar refractivity (Wildman–Crippen MR) is 90.2 cm³/mol. The summed E-state index contributed by atoms with van der Waals surface area (Å²) in [6.45, 7) is 12.6. The fraction of sp³-hybridized carbons (Fsp3) is 0.556. The Bertz CT molecular complexity index is 464. The van der Waals surface area contributed by atoms with E-state index in [2.05, 4.69) is 25.3 Å². The summed E-state index contributed by atoms with van der Waals surface area (Å²) in [5, 5.41) is 0.748. The summed E-state index contributed by atoms with van der Waals surface area (Å²) in [5.41, 5.74) is 1.11. The van der Waals surface area contributed by atoms with Crippen LogP contribution in [0.15, 0.2) is 30.9 Å². The van der Waals surface area contributed by atoms with E-state index in [1.165, 1.54) is 19.5 Å². The van der Waals surface area contributed by atoms with Gasteiger partial charge in [-0.3, -0.25) is 4.90 Å². The maximum Gasteiger partial charge on any atom is 0.122 e. The normalized spacial score (nSPS) is 23.0. The van der Waals surface area contributed by atoms with Crippen LogP contribution in [0.3, 0.4) is 0 Å². The van der Waals surface area contributed by atoms with Crippen molar-refractivity contribution in [1.29, 1.82) is 0 Å². The highest BCUT2D eigenvalue weighted by Crippen LogP contribution is 2.24. The molecule has 1 aliphatic heterocycles. The number of likely N-dealkylation sites (tertiary alicyclic amines) is 1. The zero-order chi connectivity index (χ0) is 15.2. The van der Waals surface area contributed by atoms with Crippen LogP contribution in [0.2, 0.25) is 5.02 Å². The van der Waals surface area contributed by atoms with Gasteiger partial charge in [0.2, 0.25) is 0 Å².